The molecule has 1 saturated heterocycles. The number of halogens is 1. The molecule has 3 rings (SSSR count). The van der Waals surface area contributed by atoms with Gasteiger partial charge in [-0.2, -0.15) is 0 Å². The van der Waals surface area contributed by atoms with E-state index in [0.29, 0.717) is 12.6 Å². The van der Waals surface area contributed by atoms with Gasteiger partial charge >= 0.3 is 0 Å². The first kappa shape index (κ1) is 15.4. The maximum Gasteiger partial charge on any atom is 0.119 e. The molecule has 0 aromatic heterocycles. The summed E-state index contributed by atoms with van der Waals surface area (Å²) in [7, 11) is 0. The molecule has 0 saturated carbocycles. The third-order valence-corrected chi connectivity index (χ3v) is 4.49. The maximum atomic E-state index is 6.00. The predicted molar refractivity (Wildman–Crippen MR) is 91.4 cm³/mol. The number of nitrogens with zero attached hydrogens (tertiary/aromatic N) is 1. The van der Waals surface area contributed by atoms with Gasteiger partial charge in [0, 0.05) is 17.6 Å². The molecule has 1 fully saturated rings. The minimum atomic E-state index is 0.504. The van der Waals surface area contributed by atoms with Gasteiger partial charge in [-0.3, -0.25) is 4.90 Å². The van der Waals surface area contributed by atoms with Crippen LogP contribution in [0, 0.1) is 0 Å². The van der Waals surface area contributed by atoms with E-state index in [2.05, 4.69) is 41.3 Å². The van der Waals surface area contributed by atoms with Crippen LogP contribution in [-0.2, 0) is 6.54 Å². The molecule has 1 aliphatic heterocycles. The van der Waals surface area contributed by atoms with Gasteiger partial charge in [-0.25, -0.2) is 0 Å². The Labute approximate surface area is 137 Å². The monoisotopic (exact) mass is 315 g/mol. The van der Waals surface area contributed by atoms with E-state index in [1.807, 2.05) is 19.1 Å². The Bertz CT molecular complexity index is 594. The highest BCUT2D eigenvalue weighted by Gasteiger charge is 2.25. The third-order valence-electron chi connectivity index (χ3n) is 4.24. The van der Waals surface area contributed by atoms with Gasteiger partial charge in [-0.15, -0.1) is 0 Å². The zero-order valence-electron chi connectivity index (χ0n) is 13.0. The minimum Gasteiger partial charge on any atom is -0.494 e. The molecule has 3 heteroatoms. The van der Waals surface area contributed by atoms with Gasteiger partial charge in [0.1, 0.15) is 5.75 Å². The zero-order valence-corrected chi connectivity index (χ0v) is 13.7. The fourth-order valence-corrected chi connectivity index (χ4v) is 3.30. The lowest BCUT2D eigenvalue weighted by Crippen LogP contribution is -2.22. The van der Waals surface area contributed by atoms with Crippen LogP contribution in [0.4, 0.5) is 0 Å². The molecule has 1 heterocycles. The largest absolute Gasteiger partial charge is 0.494 e. The molecule has 0 spiro atoms. The van der Waals surface area contributed by atoms with Crippen molar-refractivity contribution in [3.63, 3.8) is 0 Å². The predicted octanol–water partition coefficient (Wildman–Crippen LogP) is 5.08. The van der Waals surface area contributed by atoms with Crippen LogP contribution in [0.3, 0.4) is 0 Å². The number of hydrogen-bond donors (Lipinski definition) is 0. The van der Waals surface area contributed by atoms with Gasteiger partial charge in [0.05, 0.1) is 6.61 Å². The Kier molecular flexibility index (Phi) is 5.01. The van der Waals surface area contributed by atoms with Crippen molar-refractivity contribution in [3.05, 3.63) is 64.7 Å². The second kappa shape index (κ2) is 7.17. The average molecular weight is 316 g/mol. The van der Waals surface area contributed by atoms with E-state index in [1.54, 1.807) is 0 Å². The first-order chi connectivity index (χ1) is 10.8. The van der Waals surface area contributed by atoms with Crippen LogP contribution in [0.15, 0.2) is 48.5 Å². The fourth-order valence-electron chi connectivity index (χ4n) is 3.17. The molecule has 0 N–H and O–H groups in total. The van der Waals surface area contributed by atoms with Crippen molar-refractivity contribution < 1.29 is 4.74 Å². The fraction of sp³-hybridized carbons (Fsp3) is 0.368. The van der Waals surface area contributed by atoms with Crippen molar-refractivity contribution >= 4 is 11.6 Å². The summed E-state index contributed by atoms with van der Waals surface area (Å²) in [5.74, 6) is 0.946. The topological polar surface area (TPSA) is 12.5 Å². The lowest BCUT2D eigenvalue weighted by atomic mass is 10.0. The Morgan fingerprint density at radius 2 is 1.82 bits per heavy atom. The summed E-state index contributed by atoms with van der Waals surface area (Å²) < 4.78 is 5.51. The summed E-state index contributed by atoms with van der Waals surface area (Å²) in [5.41, 5.74) is 2.71. The van der Waals surface area contributed by atoms with Crippen LogP contribution in [0.1, 0.15) is 36.9 Å². The molecule has 0 amide bonds. The molecule has 1 atom stereocenters. The molecule has 0 unspecified atom stereocenters. The van der Waals surface area contributed by atoms with Gasteiger partial charge in [0.25, 0.3) is 0 Å². The van der Waals surface area contributed by atoms with Gasteiger partial charge in [-0.1, -0.05) is 35.9 Å². The van der Waals surface area contributed by atoms with Gasteiger partial charge in [-0.05, 0) is 61.7 Å². The summed E-state index contributed by atoms with van der Waals surface area (Å²) in [6.07, 6.45) is 2.48. The Morgan fingerprint density at radius 1 is 1.09 bits per heavy atom. The third kappa shape index (κ3) is 3.63. The van der Waals surface area contributed by atoms with Gasteiger partial charge < -0.3 is 4.74 Å². The van der Waals surface area contributed by atoms with Gasteiger partial charge in [0.15, 0.2) is 0 Å². The number of likely N-dealkylation sites (tertiary alicyclic amines) is 1. The maximum absolute atomic E-state index is 6.00. The number of hydrogen-bond acceptors (Lipinski definition) is 2. The van der Waals surface area contributed by atoms with E-state index in [-0.39, 0.29) is 0 Å². The van der Waals surface area contributed by atoms with Gasteiger partial charge in [0.2, 0.25) is 0 Å². The molecule has 2 nitrogen and oxygen atoms in total. The van der Waals surface area contributed by atoms with Crippen molar-refractivity contribution in [1.29, 1.82) is 0 Å². The highest BCUT2D eigenvalue weighted by Crippen LogP contribution is 2.33. The van der Waals surface area contributed by atoms with Crippen LogP contribution in [0.5, 0.6) is 5.75 Å². The zero-order chi connectivity index (χ0) is 15.4. The van der Waals surface area contributed by atoms with Crippen molar-refractivity contribution in [2.24, 2.45) is 0 Å². The number of ether oxygens (including phenoxy) is 1. The molecular formula is C19H22ClNO. The summed E-state index contributed by atoms with van der Waals surface area (Å²) >= 11 is 6.00. The Morgan fingerprint density at radius 3 is 2.50 bits per heavy atom. The lowest BCUT2D eigenvalue weighted by Gasteiger charge is -2.25. The van der Waals surface area contributed by atoms with E-state index in [9.17, 15) is 0 Å². The number of rotatable bonds is 5. The molecule has 0 bridgehead atoms. The second-order valence-corrected chi connectivity index (χ2v) is 6.19. The van der Waals surface area contributed by atoms with E-state index in [0.717, 1.165) is 23.9 Å². The SMILES string of the molecule is CCOc1ccc(CN2CCC[C@@H]2c2ccc(Cl)cc2)cc1. The molecule has 116 valence electrons. The summed E-state index contributed by atoms with van der Waals surface area (Å²) in [5, 5.41) is 0.805. The van der Waals surface area contributed by atoms with Crippen molar-refractivity contribution in [2.75, 3.05) is 13.2 Å². The highest BCUT2D eigenvalue weighted by molar-refractivity contribution is 6.30. The smallest absolute Gasteiger partial charge is 0.119 e. The normalized spacial score (nSPS) is 18.5. The molecule has 0 aliphatic carbocycles. The average Bonchev–Trinajstić information content (AvgIpc) is 2.98. The molecule has 22 heavy (non-hydrogen) atoms. The molecule has 2 aromatic carbocycles. The minimum absolute atomic E-state index is 0.504. The molecular weight excluding hydrogens is 294 g/mol. The molecule has 2 aromatic rings. The standard InChI is InChI=1S/C19H22ClNO/c1-2-22-18-11-5-15(6-12-18)14-21-13-3-4-19(21)16-7-9-17(20)10-8-16/h5-12,19H,2-4,13-14H2,1H3/t19-/m1/s1. The molecule has 0 radical (unpaired) electrons. The van der Waals surface area contributed by atoms with Crippen LogP contribution < -0.4 is 4.74 Å². The van der Waals surface area contributed by atoms with Crippen LogP contribution in [0.2, 0.25) is 5.02 Å². The second-order valence-electron chi connectivity index (χ2n) is 5.76. The van der Waals surface area contributed by atoms with E-state index < -0.39 is 0 Å². The molecule has 1 aliphatic rings. The summed E-state index contributed by atoms with van der Waals surface area (Å²) in [6, 6.07) is 17.3. The van der Waals surface area contributed by atoms with Crippen LogP contribution in [-0.4, -0.2) is 18.1 Å². The highest BCUT2D eigenvalue weighted by atomic mass is 35.5. The van der Waals surface area contributed by atoms with Crippen molar-refractivity contribution in [3.8, 4) is 5.75 Å². The Hall–Kier alpha value is -1.51. The summed E-state index contributed by atoms with van der Waals surface area (Å²) in [6.45, 7) is 4.86. The van der Waals surface area contributed by atoms with E-state index >= 15 is 0 Å². The first-order valence-electron chi connectivity index (χ1n) is 7.97. The van der Waals surface area contributed by atoms with Crippen molar-refractivity contribution in [2.45, 2.75) is 32.4 Å². The number of benzene rings is 2. The Balaban J connectivity index is 1.69. The van der Waals surface area contributed by atoms with E-state index in [1.165, 1.54) is 24.0 Å². The quantitative estimate of drug-likeness (QED) is 0.763. The lowest BCUT2D eigenvalue weighted by molar-refractivity contribution is 0.248. The van der Waals surface area contributed by atoms with E-state index in [4.69, 9.17) is 16.3 Å². The van der Waals surface area contributed by atoms with Crippen LogP contribution in [0.25, 0.3) is 0 Å². The first-order valence-corrected chi connectivity index (χ1v) is 8.35. The summed E-state index contributed by atoms with van der Waals surface area (Å²) in [4.78, 5) is 2.55. The van der Waals surface area contributed by atoms with Crippen molar-refractivity contribution in [1.82, 2.24) is 4.90 Å². The van der Waals surface area contributed by atoms with Crippen LogP contribution >= 0.6 is 11.6 Å².